The number of carbonyl (C=O) groups excluding carboxylic acids is 1. The Balaban J connectivity index is 1.94. The van der Waals surface area contributed by atoms with E-state index in [1.807, 2.05) is 6.92 Å². The van der Waals surface area contributed by atoms with Crippen LogP contribution in [-0.2, 0) is 4.79 Å². The molecule has 1 fully saturated rings. The molecular weight excluding hydrogens is 258 g/mol. The van der Waals surface area contributed by atoms with Crippen LogP contribution in [-0.4, -0.2) is 30.0 Å². The van der Waals surface area contributed by atoms with Crippen molar-refractivity contribution in [2.45, 2.75) is 32.2 Å². The molecule has 1 aliphatic heterocycles. The molecule has 0 spiro atoms. The van der Waals surface area contributed by atoms with Crippen LogP contribution >= 0.6 is 0 Å². The molecule has 0 saturated carbocycles. The lowest BCUT2D eigenvalue weighted by Gasteiger charge is -2.28. The monoisotopic (exact) mass is 278 g/mol. The molecule has 1 saturated heterocycles. The van der Waals surface area contributed by atoms with Gasteiger partial charge in [0.05, 0.1) is 18.0 Å². The highest BCUT2D eigenvalue weighted by molar-refractivity contribution is 5.93. The van der Waals surface area contributed by atoms with Crippen molar-refractivity contribution in [3.8, 4) is 0 Å². The van der Waals surface area contributed by atoms with E-state index >= 15 is 0 Å². The van der Waals surface area contributed by atoms with Gasteiger partial charge in [0.1, 0.15) is 0 Å². The lowest BCUT2D eigenvalue weighted by molar-refractivity contribution is -0.918. The van der Waals surface area contributed by atoms with Crippen LogP contribution in [0, 0.1) is 10.1 Å². The Morgan fingerprint density at radius 2 is 1.85 bits per heavy atom. The summed E-state index contributed by atoms with van der Waals surface area (Å²) in [5.41, 5.74) is 0.626. The third-order valence-electron chi connectivity index (χ3n) is 3.85. The number of piperidine rings is 1. The second-order valence-corrected chi connectivity index (χ2v) is 5.23. The molecule has 0 unspecified atom stereocenters. The van der Waals surface area contributed by atoms with Crippen LogP contribution < -0.4 is 10.2 Å². The fourth-order valence-corrected chi connectivity index (χ4v) is 2.54. The first-order chi connectivity index (χ1) is 9.58. The topological polar surface area (TPSA) is 76.7 Å². The Labute approximate surface area is 117 Å². The molecule has 1 heterocycles. The highest BCUT2D eigenvalue weighted by Crippen LogP contribution is 2.15. The molecule has 0 aliphatic carbocycles. The summed E-state index contributed by atoms with van der Waals surface area (Å²) in [7, 11) is 0. The van der Waals surface area contributed by atoms with E-state index in [1.165, 1.54) is 36.3 Å². The predicted molar refractivity (Wildman–Crippen MR) is 75.7 cm³/mol. The van der Waals surface area contributed by atoms with Gasteiger partial charge in [-0.3, -0.25) is 14.9 Å². The highest BCUT2D eigenvalue weighted by Gasteiger charge is 2.26. The molecule has 0 aromatic heterocycles. The first-order valence-corrected chi connectivity index (χ1v) is 6.98. The van der Waals surface area contributed by atoms with E-state index < -0.39 is 4.92 Å². The Morgan fingerprint density at radius 1 is 1.25 bits per heavy atom. The Hall–Kier alpha value is -1.95. The van der Waals surface area contributed by atoms with E-state index in [9.17, 15) is 14.9 Å². The molecule has 1 amide bonds. The number of anilines is 1. The summed E-state index contributed by atoms with van der Waals surface area (Å²) < 4.78 is 0. The number of nitro benzene ring substituents is 1. The molecule has 1 aliphatic rings. The number of rotatable bonds is 4. The number of nitrogens with one attached hydrogen (secondary N) is 2. The van der Waals surface area contributed by atoms with Crippen molar-refractivity contribution in [1.82, 2.24) is 0 Å². The van der Waals surface area contributed by atoms with Crippen molar-refractivity contribution < 1.29 is 14.6 Å². The van der Waals surface area contributed by atoms with Crippen molar-refractivity contribution in [3.63, 3.8) is 0 Å². The van der Waals surface area contributed by atoms with Crippen LogP contribution in [0.2, 0.25) is 0 Å². The number of likely N-dealkylation sites (tertiary alicyclic amines) is 1. The van der Waals surface area contributed by atoms with Gasteiger partial charge in [-0.2, -0.15) is 0 Å². The second kappa shape index (κ2) is 6.47. The molecule has 1 atom stereocenters. The maximum atomic E-state index is 12.2. The summed E-state index contributed by atoms with van der Waals surface area (Å²) in [5.74, 6) is -0.0317. The van der Waals surface area contributed by atoms with E-state index in [1.54, 1.807) is 12.1 Å². The molecule has 6 nitrogen and oxygen atoms in total. The van der Waals surface area contributed by atoms with Gasteiger partial charge in [0, 0.05) is 17.8 Å². The van der Waals surface area contributed by atoms with Crippen LogP contribution in [0.25, 0.3) is 0 Å². The van der Waals surface area contributed by atoms with Gasteiger partial charge in [-0.1, -0.05) is 0 Å². The minimum atomic E-state index is -0.452. The first-order valence-electron chi connectivity index (χ1n) is 6.98. The van der Waals surface area contributed by atoms with E-state index in [0.29, 0.717) is 5.69 Å². The summed E-state index contributed by atoms with van der Waals surface area (Å²) in [6.07, 6.45) is 3.59. The number of nitro groups is 1. The molecule has 20 heavy (non-hydrogen) atoms. The zero-order valence-electron chi connectivity index (χ0n) is 11.6. The van der Waals surface area contributed by atoms with E-state index in [4.69, 9.17) is 0 Å². The van der Waals surface area contributed by atoms with Gasteiger partial charge in [0.2, 0.25) is 0 Å². The average molecular weight is 278 g/mol. The van der Waals surface area contributed by atoms with E-state index in [0.717, 1.165) is 13.1 Å². The summed E-state index contributed by atoms with van der Waals surface area (Å²) in [6.45, 7) is 4.01. The fraction of sp³-hybridized carbons (Fsp3) is 0.500. The Morgan fingerprint density at radius 3 is 2.40 bits per heavy atom. The lowest BCUT2D eigenvalue weighted by Crippen LogP contribution is -3.17. The van der Waals surface area contributed by atoms with Crippen molar-refractivity contribution >= 4 is 17.3 Å². The molecule has 1 aromatic carbocycles. The standard InChI is InChI=1S/C14H19N3O3/c1-11(16-9-3-2-4-10-16)14(18)15-12-5-7-13(8-6-12)17(19)20/h5-8,11H,2-4,9-10H2,1H3,(H,15,18)/p+1/t11-/m0/s1. The molecule has 1 aromatic rings. The van der Waals surface area contributed by atoms with Crippen LogP contribution in [0.1, 0.15) is 26.2 Å². The van der Waals surface area contributed by atoms with Crippen LogP contribution in [0.3, 0.4) is 0 Å². The van der Waals surface area contributed by atoms with Gasteiger partial charge in [-0.05, 0) is 38.3 Å². The SMILES string of the molecule is C[C@@H](C(=O)Nc1ccc([N+](=O)[O-])cc1)[NH+]1CCCCC1. The normalized spacial score (nSPS) is 17.4. The molecular formula is C14H20N3O3+. The van der Waals surface area contributed by atoms with Gasteiger partial charge in [-0.25, -0.2) is 0 Å². The third-order valence-corrected chi connectivity index (χ3v) is 3.85. The Kier molecular flexibility index (Phi) is 4.68. The predicted octanol–water partition coefficient (Wildman–Crippen LogP) is 0.991. The van der Waals surface area contributed by atoms with E-state index in [2.05, 4.69) is 5.32 Å². The van der Waals surface area contributed by atoms with Crippen LogP contribution in [0.15, 0.2) is 24.3 Å². The maximum Gasteiger partial charge on any atom is 0.282 e. The van der Waals surface area contributed by atoms with Crippen LogP contribution in [0.4, 0.5) is 11.4 Å². The maximum absolute atomic E-state index is 12.2. The molecule has 2 rings (SSSR count). The van der Waals surface area contributed by atoms with E-state index in [-0.39, 0.29) is 17.6 Å². The number of hydrogen-bond acceptors (Lipinski definition) is 3. The first kappa shape index (κ1) is 14.5. The zero-order chi connectivity index (χ0) is 14.5. The summed E-state index contributed by atoms with van der Waals surface area (Å²) in [5, 5.41) is 13.4. The number of nitrogens with zero attached hydrogens (tertiary/aromatic N) is 1. The number of hydrogen-bond donors (Lipinski definition) is 2. The van der Waals surface area contributed by atoms with Crippen LogP contribution in [0.5, 0.6) is 0 Å². The second-order valence-electron chi connectivity index (χ2n) is 5.23. The van der Waals surface area contributed by atoms with Gasteiger partial charge in [0.15, 0.2) is 6.04 Å². The van der Waals surface area contributed by atoms with Gasteiger partial charge >= 0.3 is 0 Å². The van der Waals surface area contributed by atoms with Crippen molar-refractivity contribution in [2.75, 3.05) is 18.4 Å². The van der Waals surface area contributed by atoms with Crippen molar-refractivity contribution in [3.05, 3.63) is 34.4 Å². The number of non-ortho nitro benzene ring substituents is 1. The largest absolute Gasteiger partial charge is 0.325 e. The van der Waals surface area contributed by atoms with Gasteiger partial charge in [0.25, 0.3) is 11.6 Å². The smallest absolute Gasteiger partial charge is 0.282 e. The third kappa shape index (κ3) is 3.54. The fourth-order valence-electron chi connectivity index (χ4n) is 2.54. The van der Waals surface area contributed by atoms with Crippen molar-refractivity contribution in [1.29, 1.82) is 0 Å². The number of quaternary nitrogens is 1. The molecule has 108 valence electrons. The Bertz CT molecular complexity index is 481. The summed E-state index contributed by atoms with van der Waals surface area (Å²) in [6, 6.07) is 5.83. The summed E-state index contributed by atoms with van der Waals surface area (Å²) in [4.78, 5) is 23.6. The minimum absolute atomic E-state index is 0.0257. The highest BCUT2D eigenvalue weighted by atomic mass is 16.6. The molecule has 2 N–H and O–H groups in total. The number of carbonyl (C=O) groups is 1. The molecule has 0 bridgehead atoms. The lowest BCUT2D eigenvalue weighted by atomic mass is 10.1. The zero-order valence-corrected chi connectivity index (χ0v) is 11.6. The van der Waals surface area contributed by atoms with Gasteiger partial charge in [-0.15, -0.1) is 0 Å². The minimum Gasteiger partial charge on any atom is -0.325 e. The quantitative estimate of drug-likeness (QED) is 0.637. The molecule has 0 radical (unpaired) electrons. The van der Waals surface area contributed by atoms with Gasteiger partial charge < -0.3 is 10.2 Å². The molecule has 6 heteroatoms. The number of amides is 1. The average Bonchev–Trinajstić information content (AvgIpc) is 2.48. The number of benzene rings is 1. The summed E-state index contributed by atoms with van der Waals surface area (Å²) >= 11 is 0. The van der Waals surface area contributed by atoms with Crippen molar-refractivity contribution in [2.24, 2.45) is 0 Å².